The van der Waals surface area contributed by atoms with Gasteiger partial charge in [-0.1, -0.05) is 6.07 Å². The van der Waals surface area contributed by atoms with Crippen LogP contribution in [0.1, 0.15) is 41.8 Å². The predicted octanol–water partition coefficient (Wildman–Crippen LogP) is 2.56. The Bertz CT molecular complexity index is 699. The van der Waals surface area contributed by atoms with Gasteiger partial charge < -0.3 is 9.64 Å². The van der Waals surface area contributed by atoms with Crippen LogP contribution in [0.2, 0.25) is 0 Å². The van der Waals surface area contributed by atoms with Crippen molar-refractivity contribution in [3.8, 4) is 0 Å². The van der Waals surface area contributed by atoms with E-state index in [1.807, 2.05) is 37.1 Å². The van der Waals surface area contributed by atoms with Gasteiger partial charge in [-0.2, -0.15) is 5.10 Å². The first-order chi connectivity index (χ1) is 12.1. The SMILES string of the molecule is Cc1[nH]nc(CCC(=O)N2CCCC(OCc3cccnc3)C2)c1C. The molecule has 25 heavy (non-hydrogen) atoms. The molecule has 6 nitrogen and oxygen atoms in total. The minimum absolute atomic E-state index is 0.104. The smallest absolute Gasteiger partial charge is 0.223 e. The van der Waals surface area contributed by atoms with E-state index in [0.29, 0.717) is 26.0 Å². The van der Waals surface area contributed by atoms with Gasteiger partial charge in [0, 0.05) is 44.0 Å². The highest BCUT2D eigenvalue weighted by atomic mass is 16.5. The summed E-state index contributed by atoms with van der Waals surface area (Å²) in [5, 5.41) is 7.26. The first kappa shape index (κ1) is 17.6. The van der Waals surface area contributed by atoms with Crippen LogP contribution in [0.3, 0.4) is 0 Å². The largest absolute Gasteiger partial charge is 0.372 e. The molecule has 3 rings (SSSR count). The molecule has 1 N–H and O–H groups in total. The second-order valence-corrected chi connectivity index (χ2v) is 6.70. The Labute approximate surface area is 148 Å². The lowest BCUT2D eigenvalue weighted by molar-refractivity contribution is -0.135. The maximum Gasteiger partial charge on any atom is 0.223 e. The van der Waals surface area contributed by atoms with Gasteiger partial charge in [-0.05, 0) is 43.9 Å². The summed E-state index contributed by atoms with van der Waals surface area (Å²) in [6.07, 6.45) is 6.86. The third-order valence-corrected chi connectivity index (χ3v) is 4.87. The summed E-state index contributed by atoms with van der Waals surface area (Å²) < 4.78 is 5.98. The first-order valence-corrected chi connectivity index (χ1v) is 8.92. The topological polar surface area (TPSA) is 71.1 Å². The average molecular weight is 342 g/mol. The normalized spacial score (nSPS) is 17.7. The van der Waals surface area contributed by atoms with E-state index in [4.69, 9.17) is 4.74 Å². The molecule has 1 amide bonds. The molecule has 0 radical (unpaired) electrons. The van der Waals surface area contributed by atoms with Crippen LogP contribution < -0.4 is 0 Å². The number of hydrogen-bond acceptors (Lipinski definition) is 4. The number of nitrogens with zero attached hydrogens (tertiary/aromatic N) is 3. The molecule has 0 bridgehead atoms. The summed E-state index contributed by atoms with van der Waals surface area (Å²) in [4.78, 5) is 18.6. The lowest BCUT2D eigenvalue weighted by Gasteiger charge is -2.32. The molecule has 1 unspecified atom stereocenters. The van der Waals surface area contributed by atoms with Crippen molar-refractivity contribution in [2.24, 2.45) is 0 Å². The fourth-order valence-electron chi connectivity index (χ4n) is 3.16. The van der Waals surface area contributed by atoms with E-state index in [2.05, 4.69) is 15.2 Å². The summed E-state index contributed by atoms with van der Waals surface area (Å²) in [7, 11) is 0. The van der Waals surface area contributed by atoms with E-state index in [9.17, 15) is 4.79 Å². The number of aryl methyl sites for hydroxylation is 2. The Morgan fingerprint density at radius 1 is 1.44 bits per heavy atom. The number of pyridine rings is 1. The van der Waals surface area contributed by atoms with Gasteiger partial charge in [-0.25, -0.2) is 0 Å². The van der Waals surface area contributed by atoms with Crippen LogP contribution >= 0.6 is 0 Å². The third-order valence-electron chi connectivity index (χ3n) is 4.87. The zero-order chi connectivity index (χ0) is 17.6. The van der Waals surface area contributed by atoms with Crippen molar-refractivity contribution in [2.45, 2.75) is 52.2 Å². The third kappa shape index (κ3) is 4.66. The van der Waals surface area contributed by atoms with Crippen LogP contribution in [0.4, 0.5) is 0 Å². The van der Waals surface area contributed by atoms with Gasteiger partial charge in [0.05, 0.1) is 18.4 Å². The van der Waals surface area contributed by atoms with Crippen molar-refractivity contribution >= 4 is 5.91 Å². The van der Waals surface area contributed by atoms with Gasteiger partial charge >= 0.3 is 0 Å². The standard InChI is InChI=1S/C19H26N4O2/c1-14-15(2)21-22-18(14)7-8-19(24)23-10-4-6-17(12-23)25-13-16-5-3-9-20-11-16/h3,5,9,11,17H,4,6-8,10,12-13H2,1-2H3,(H,21,22). The minimum Gasteiger partial charge on any atom is -0.372 e. The molecule has 1 aliphatic rings. The van der Waals surface area contributed by atoms with Gasteiger partial charge in [-0.3, -0.25) is 14.9 Å². The number of likely N-dealkylation sites (tertiary alicyclic amines) is 1. The maximum atomic E-state index is 12.5. The van der Waals surface area contributed by atoms with Gasteiger partial charge in [0.25, 0.3) is 0 Å². The molecule has 1 atom stereocenters. The minimum atomic E-state index is 0.104. The highest BCUT2D eigenvalue weighted by Gasteiger charge is 2.24. The Morgan fingerprint density at radius 3 is 3.04 bits per heavy atom. The van der Waals surface area contributed by atoms with E-state index in [1.54, 1.807) is 6.20 Å². The van der Waals surface area contributed by atoms with Crippen molar-refractivity contribution in [1.29, 1.82) is 0 Å². The number of ether oxygens (including phenoxy) is 1. The second-order valence-electron chi connectivity index (χ2n) is 6.70. The summed E-state index contributed by atoms with van der Waals surface area (Å²) in [5.74, 6) is 0.190. The van der Waals surface area contributed by atoms with E-state index in [0.717, 1.165) is 41.9 Å². The van der Waals surface area contributed by atoms with Gasteiger partial charge in [0.2, 0.25) is 5.91 Å². The molecule has 1 saturated heterocycles. The van der Waals surface area contributed by atoms with Crippen LogP contribution in [-0.2, 0) is 22.6 Å². The van der Waals surface area contributed by atoms with Gasteiger partial charge in [0.15, 0.2) is 0 Å². The molecule has 6 heteroatoms. The number of carbonyl (C=O) groups excluding carboxylic acids is 1. The number of H-pyrrole nitrogens is 1. The number of piperidine rings is 1. The molecule has 0 aromatic carbocycles. The molecule has 0 aliphatic carbocycles. The molecule has 0 saturated carbocycles. The molecule has 1 fully saturated rings. The van der Waals surface area contributed by atoms with Crippen LogP contribution in [-0.4, -0.2) is 45.2 Å². The highest BCUT2D eigenvalue weighted by Crippen LogP contribution is 2.17. The Kier molecular flexibility index (Phi) is 5.81. The number of aromatic nitrogens is 3. The number of rotatable bonds is 6. The number of hydrogen-bond donors (Lipinski definition) is 1. The van der Waals surface area contributed by atoms with E-state index < -0.39 is 0 Å². The lowest BCUT2D eigenvalue weighted by Crippen LogP contribution is -2.43. The zero-order valence-electron chi connectivity index (χ0n) is 15.0. The summed E-state index contributed by atoms with van der Waals surface area (Å²) in [6.45, 7) is 6.10. The van der Waals surface area contributed by atoms with E-state index >= 15 is 0 Å². The van der Waals surface area contributed by atoms with Crippen LogP contribution in [0.25, 0.3) is 0 Å². The maximum absolute atomic E-state index is 12.5. The van der Waals surface area contributed by atoms with Crippen molar-refractivity contribution in [3.63, 3.8) is 0 Å². The average Bonchev–Trinajstić information content (AvgIpc) is 2.97. The molecule has 134 valence electrons. The van der Waals surface area contributed by atoms with Crippen molar-refractivity contribution in [2.75, 3.05) is 13.1 Å². The molecule has 2 aromatic rings. The number of aromatic amines is 1. The summed E-state index contributed by atoms with van der Waals surface area (Å²) in [5.41, 5.74) is 4.29. The number of amides is 1. The summed E-state index contributed by atoms with van der Waals surface area (Å²) >= 11 is 0. The van der Waals surface area contributed by atoms with Crippen LogP contribution in [0.15, 0.2) is 24.5 Å². The quantitative estimate of drug-likeness (QED) is 0.876. The monoisotopic (exact) mass is 342 g/mol. The lowest BCUT2D eigenvalue weighted by atomic mass is 10.1. The van der Waals surface area contributed by atoms with Crippen LogP contribution in [0.5, 0.6) is 0 Å². The highest BCUT2D eigenvalue weighted by molar-refractivity contribution is 5.76. The number of nitrogens with one attached hydrogen (secondary N) is 1. The van der Waals surface area contributed by atoms with Gasteiger partial charge in [0.1, 0.15) is 0 Å². The molecule has 3 heterocycles. The Hall–Kier alpha value is -2.21. The second kappa shape index (κ2) is 8.25. The van der Waals surface area contributed by atoms with E-state index in [-0.39, 0.29) is 12.0 Å². The van der Waals surface area contributed by atoms with Gasteiger partial charge in [-0.15, -0.1) is 0 Å². The van der Waals surface area contributed by atoms with E-state index in [1.165, 1.54) is 0 Å². The molecular formula is C19H26N4O2. The Balaban J connectivity index is 1.47. The molecule has 1 aliphatic heterocycles. The van der Waals surface area contributed by atoms with Crippen molar-refractivity contribution in [1.82, 2.24) is 20.1 Å². The Morgan fingerprint density at radius 2 is 2.32 bits per heavy atom. The fraction of sp³-hybridized carbons (Fsp3) is 0.526. The predicted molar refractivity (Wildman–Crippen MR) is 95.0 cm³/mol. The summed E-state index contributed by atoms with van der Waals surface area (Å²) in [6, 6.07) is 3.92. The van der Waals surface area contributed by atoms with Crippen LogP contribution in [0, 0.1) is 13.8 Å². The molecular weight excluding hydrogens is 316 g/mol. The first-order valence-electron chi connectivity index (χ1n) is 8.92. The fourth-order valence-corrected chi connectivity index (χ4v) is 3.16. The zero-order valence-corrected chi connectivity index (χ0v) is 15.0. The molecule has 2 aromatic heterocycles. The molecule has 0 spiro atoms. The van der Waals surface area contributed by atoms with Crippen molar-refractivity contribution in [3.05, 3.63) is 47.0 Å². The van der Waals surface area contributed by atoms with Crippen molar-refractivity contribution < 1.29 is 9.53 Å². The number of carbonyl (C=O) groups is 1.